The second-order valence-corrected chi connectivity index (χ2v) is 5.98. The smallest absolute Gasteiger partial charge is 0.212 e. The van der Waals surface area contributed by atoms with Crippen LogP contribution < -0.4 is 5.32 Å². The minimum Gasteiger partial charge on any atom is -0.439 e. The molecule has 0 aliphatic carbocycles. The van der Waals surface area contributed by atoms with Gasteiger partial charge in [0.2, 0.25) is 5.89 Å². The second-order valence-electron chi connectivity index (χ2n) is 3.96. The van der Waals surface area contributed by atoms with E-state index in [1.54, 1.807) is 6.07 Å². The van der Waals surface area contributed by atoms with Gasteiger partial charge in [-0.25, -0.2) is 13.4 Å². The quantitative estimate of drug-likeness (QED) is 0.899. The summed E-state index contributed by atoms with van der Waals surface area (Å²) in [4.78, 5) is 4.52. The van der Waals surface area contributed by atoms with E-state index in [9.17, 15) is 8.42 Å². The fourth-order valence-electron chi connectivity index (χ4n) is 1.46. The molecule has 1 heterocycles. The summed E-state index contributed by atoms with van der Waals surface area (Å²) in [7, 11) is -1.40. The molecule has 6 heteroatoms. The van der Waals surface area contributed by atoms with E-state index in [2.05, 4.69) is 10.3 Å². The Morgan fingerprint density at radius 1 is 1.41 bits per heavy atom. The van der Waals surface area contributed by atoms with Crippen molar-refractivity contribution in [2.45, 2.75) is 17.9 Å². The number of aromatic nitrogens is 1. The van der Waals surface area contributed by atoms with E-state index in [0.717, 1.165) is 0 Å². The van der Waals surface area contributed by atoms with Crippen LogP contribution in [0.2, 0.25) is 0 Å². The van der Waals surface area contributed by atoms with Crippen LogP contribution in [-0.2, 0) is 9.84 Å². The van der Waals surface area contributed by atoms with Crippen LogP contribution in [0.5, 0.6) is 0 Å². The summed E-state index contributed by atoms with van der Waals surface area (Å²) >= 11 is 0. The average Bonchev–Trinajstić information content (AvgIpc) is 2.69. The average molecular weight is 254 g/mol. The van der Waals surface area contributed by atoms with E-state index in [4.69, 9.17) is 4.42 Å². The van der Waals surface area contributed by atoms with E-state index in [1.807, 2.05) is 14.0 Å². The van der Waals surface area contributed by atoms with Gasteiger partial charge in [-0.2, -0.15) is 0 Å². The standard InChI is InChI=1S/C11H14N2O3S/c1-7(12-2)11-13-9-6-8(17(3,14)15)4-5-10(9)16-11/h4-7,12H,1-3H3. The maximum atomic E-state index is 11.4. The van der Waals surface area contributed by atoms with Crippen LogP contribution in [0.3, 0.4) is 0 Å². The molecule has 1 atom stereocenters. The van der Waals surface area contributed by atoms with Crippen LogP contribution in [0.1, 0.15) is 18.9 Å². The summed E-state index contributed by atoms with van der Waals surface area (Å²) in [6.07, 6.45) is 1.17. The molecule has 1 aromatic carbocycles. The fourth-order valence-corrected chi connectivity index (χ4v) is 2.11. The lowest BCUT2D eigenvalue weighted by Gasteiger charge is -2.02. The minimum atomic E-state index is -3.21. The summed E-state index contributed by atoms with van der Waals surface area (Å²) in [5, 5.41) is 3.01. The van der Waals surface area contributed by atoms with E-state index < -0.39 is 9.84 Å². The molecule has 17 heavy (non-hydrogen) atoms. The van der Waals surface area contributed by atoms with Gasteiger partial charge < -0.3 is 9.73 Å². The largest absolute Gasteiger partial charge is 0.439 e. The Morgan fingerprint density at radius 3 is 2.71 bits per heavy atom. The molecule has 0 amide bonds. The molecule has 2 rings (SSSR count). The van der Waals surface area contributed by atoms with Crippen LogP contribution in [0.4, 0.5) is 0 Å². The molecular formula is C11H14N2O3S. The molecule has 1 N–H and O–H groups in total. The molecule has 0 radical (unpaired) electrons. The zero-order valence-corrected chi connectivity index (χ0v) is 10.7. The van der Waals surface area contributed by atoms with E-state index in [0.29, 0.717) is 17.0 Å². The third kappa shape index (κ3) is 2.32. The number of nitrogens with zero attached hydrogens (tertiary/aromatic N) is 1. The zero-order valence-electron chi connectivity index (χ0n) is 9.89. The first-order chi connectivity index (χ1) is 7.91. The van der Waals surface area contributed by atoms with Crippen LogP contribution in [-0.4, -0.2) is 26.7 Å². The topological polar surface area (TPSA) is 72.2 Å². The summed E-state index contributed by atoms with van der Waals surface area (Å²) in [5.74, 6) is 0.549. The molecule has 0 spiro atoms. The highest BCUT2D eigenvalue weighted by molar-refractivity contribution is 7.90. The molecule has 5 nitrogen and oxygen atoms in total. The SMILES string of the molecule is CNC(C)c1nc2cc(S(C)(=O)=O)ccc2o1. The predicted molar refractivity (Wildman–Crippen MR) is 64.6 cm³/mol. The van der Waals surface area contributed by atoms with Crippen molar-refractivity contribution in [2.75, 3.05) is 13.3 Å². The monoisotopic (exact) mass is 254 g/mol. The first-order valence-corrected chi connectivity index (χ1v) is 7.09. The van der Waals surface area contributed by atoms with Gasteiger partial charge in [0, 0.05) is 6.26 Å². The van der Waals surface area contributed by atoms with Gasteiger partial charge in [0.25, 0.3) is 0 Å². The molecule has 1 aromatic heterocycles. The number of sulfone groups is 1. The van der Waals surface area contributed by atoms with Crippen LogP contribution in [0.15, 0.2) is 27.5 Å². The number of rotatable bonds is 3. The van der Waals surface area contributed by atoms with Crippen LogP contribution in [0, 0.1) is 0 Å². The van der Waals surface area contributed by atoms with Crippen molar-refractivity contribution in [3.63, 3.8) is 0 Å². The van der Waals surface area contributed by atoms with Crippen molar-refractivity contribution in [2.24, 2.45) is 0 Å². The van der Waals surface area contributed by atoms with Gasteiger partial charge in [0.15, 0.2) is 15.4 Å². The molecule has 92 valence electrons. The van der Waals surface area contributed by atoms with E-state index >= 15 is 0 Å². The minimum absolute atomic E-state index is 0.0101. The first kappa shape index (κ1) is 12.1. The van der Waals surface area contributed by atoms with Gasteiger partial charge in [-0.1, -0.05) is 0 Å². The van der Waals surface area contributed by atoms with Crippen LogP contribution >= 0.6 is 0 Å². The lowest BCUT2D eigenvalue weighted by Crippen LogP contribution is -2.12. The van der Waals surface area contributed by atoms with Crippen LogP contribution in [0.25, 0.3) is 11.1 Å². The Balaban J connectivity index is 2.56. The molecule has 0 aliphatic rings. The third-order valence-electron chi connectivity index (χ3n) is 2.61. The molecule has 1 unspecified atom stereocenters. The Hall–Kier alpha value is -1.40. The summed E-state index contributed by atoms with van der Waals surface area (Å²) in [6.45, 7) is 1.92. The van der Waals surface area contributed by atoms with Crippen molar-refractivity contribution in [1.82, 2.24) is 10.3 Å². The number of oxazole rings is 1. The summed E-state index contributed by atoms with van der Waals surface area (Å²) in [5.41, 5.74) is 1.15. The van der Waals surface area contributed by atoms with E-state index in [1.165, 1.54) is 18.4 Å². The van der Waals surface area contributed by atoms with Crippen molar-refractivity contribution in [1.29, 1.82) is 0 Å². The molecule has 0 aliphatic heterocycles. The lowest BCUT2D eigenvalue weighted by molar-refractivity contribution is 0.456. The number of hydrogen-bond acceptors (Lipinski definition) is 5. The van der Waals surface area contributed by atoms with E-state index in [-0.39, 0.29) is 10.9 Å². The molecule has 0 saturated carbocycles. The third-order valence-corrected chi connectivity index (χ3v) is 3.72. The molecule has 0 bridgehead atoms. The number of nitrogens with one attached hydrogen (secondary N) is 1. The van der Waals surface area contributed by atoms with Gasteiger partial charge in [-0.15, -0.1) is 0 Å². The number of hydrogen-bond donors (Lipinski definition) is 1. The Morgan fingerprint density at radius 2 is 2.12 bits per heavy atom. The highest BCUT2D eigenvalue weighted by Crippen LogP contribution is 2.22. The lowest BCUT2D eigenvalue weighted by atomic mass is 10.3. The van der Waals surface area contributed by atoms with Gasteiger partial charge in [-0.05, 0) is 32.2 Å². The van der Waals surface area contributed by atoms with Gasteiger partial charge in [0.1, 0.15) is 5.52 Å². The Kier molecular flexibility index (Phi) is 2.92. The van der Waals surface area contributed by atoms with Gasteiger partial charge in [0.05, 0.1) is 10.9 Å². The number of benzene rings is 1. The van der Waals surface area contributed by atoms with Gasteiger partial charge in [-0.3, -0.25) is 0 Å². The van der Waals surface area contributed by atoms with Crippen molar-refractivity contribution in [3.8, 4) is 0 Å². The molecule has 0 saturated heterocycles. The first-order valence-electron chi connectivity index (χ1n) is 5.19. The Bertz CT molecular complexity index is 646. The molecular weight excluding hydrogens is 240 g/mol. The Labute approximate surface area is 99.8 Å². The van der Waals surface area contributed by atoms with Crippen molar-refractivity contribution >= 4 is 20.9 Å². The maximum Gasteiger partial charge on any atom is 0.212 e. The van der Waals surface area contributed by atoms with Crippen molar-refractivity contribution in [3.05, 3.63) is 24.1 Å². The summed E-state index contributed by atoms with van der Waals surface area (Å²) < 4.78 is 28.3. The zero-order chi connectivity index (χ0) is 12.6. The maximum absolute atomic E-state index is 11.4. The normalized spacial score (nSPS) is 14.1. The highest BCUT2D eigenvalue weighted by atomic mass is 32.2. The molecule has 0 fully saturated rings. The van der Waals surface area contributed by atoms with Gasteiger partial charge >= 0.3 is 0 Å². The highest BCUT2D eigenvalue weighted by Gasteiger charge is 2.14. The fraction of sp³-hybridized carbons (Fsp3) is 0.364. The summed E-state index contributed by atoms with van der Waals surface area (Å²) in [6, 6.07) is 4.67. The second kappa shape index (κ2) is 4.12. The molecule has 2 aromatic rings. The predicted octanol–water partition coefficient (Wildman–Crippen LogP) is 1.51. The van der Waals surface area contributed by atoms with Crippen molar-refractivity contribution < 1.29 is 12.8 Å². The number of fused-ring (bicyclic) bond motifs is 1.